The summed E-state index contributed by atoms with van der Waals surface area (Å²) in [5.74, 6) is 0. The number of rotatable bonds is 4. The third-order valence-electron chi connectivity index (χ3n) is 3.53. The molecule has 2 aromatic carbocycles. The van der Waals surface area contributed by atoms with Crippen molar-refractivity contribution in [1.82, 2.24) is 0 Å². The van der Waals surface area contributed by atoms with Crippen LogP contribution in [0.1, 0.15) is 34.2 Å². The number of benzene rings is 2. The van der Waals surface area contributed by atoms with E-state index in [-0.39, 0.29) is 0 Å². The van der Waals surface area contributed by atoms with Crippen molar-refractivity contribution in [3.8, 4) is 0 Å². The van der Waals surface area contributed by atoms with Crippen molar-refractivity contribution in [3.63, 3.8) is 0 Å². The molecule has 0 amide bonds. The summed E-state index contributed by atoms with van der Waals surface area (Å²) in [6.07, 6.45) is 3.58. The first-order valence-corrected chi connectivity index (χ1v) is 6.77. The van der Waals surface area contributed by atoms with Crippen molar-refractivity contribution in [2.45, 2.75) is 40.0 Å². The van der Waals surface area contributed by atoms with Gasteiger partial charge in [-0.05, 0) is 56.7 Å². The van der Waals surface area contributed by atoms with Crippen molar-refractivity contribution in [2.24, 2.45) is 0 Å². The van der Waals surface area contributed by atoms with Crippen LogP contribution in [0, 0.1) is 20.8 Å². The van der Waals surface area contributed by atoms with Crippen molar-refractivity contribution in [1.29, 1.82) is 0 Å². The number of hydrogen-bond acceptors (Lipinski definition) is 0. The van der Waals surface area contributed by atoms with Crippen LogP contribution in [0.25, 0.3) is 0 Å². The molecular formula is C18H22. The normalized spacial score (nSPS) is 10.6. The van der Waals surface area contributed by atoms with Gasteiger partial charge in [0.1, 0.15) is 0 Å². The van der Waals surface area contributed by atoms with Gasteiger partial charge >= 0.3 is 0 Å². The Kier molecular flexibility index (Phi) is 4.19. The van der Waals surface area contributed by atoms with Gasteiger partial charge in [-0.15, -0.1) is 0 Å². The molecule has 0 heteroatoms. The second kappa shape index (κ2) is 5.86. The molecule has 0 nitrogen and oxygen atoms in total. The molecule has 0 saturated heterocycles. The third kappa shape index (κ3) is 3.46. The largest absolute Gasteiger partial charge is 0.0591 e. The van der Waals surface area contributed by atoms with Crippen LogP contribution in [0.5, 0.6) is 0 Å². The van der Waals surface area contributed by atoms with Crippen molar-refractivity contribution < 1.29 is 0 Å². The maximum atomic E-state index is 2.28. The van der Waals surface area contributed by atoms with Crippen LogP contribution < -0.4 is 0 Å². The van der Waals surface area contributed by atoms with E-state index in [9.17, 15) is 0 Å². The highest BCUT2D eigenvalue weighted by Crippen LogP contribution is 2.14. The summed E-state index contributed by atoms with van der Waals surface area (Å²) in [5, 5.41) is 0. The van der Waals surface area contributed by atoms with Gasteiger partial charge in [-0.3, -0.25) is 0 Å². The van der Waals surface area contributed by atoms with Gasteiger partial charge in [-0.2, -0.15) is 0 Å². The molecule has 0 aliphatic rings. The minimum atomic E-state index is 1.17. The summed E-state index contributed by atoms with van der Waals surface area (Å²) in [4.78, 5) is 0. The summed E-state index contributed by atoms with van der Waals surface area (Å²) >= 11 is 0. The fourth-order valence-corrected chi connectivity index (χ4v) is 2.36. The summed E-state index contributed by atoms with van der Waals surface area (Å²) in [7, 11) is 0. The van der Waals surface area contributed by atoms with Crippen LogP contribution in [0.15, 0.2) is 42.5 Å². The third-order valence-corrected chi connectivity index (χ3v) is 3.53. The van der Waals surface area contributed by atoms with Gasteiger partial charge in [-0.1, -0.05) is 53.6 Å². The van der Waals surface area contributed by atoms with E-state index < -0.39 is 0 Å². The van der Waals surface area contributed by atoms with Crippen molar-refractivity contribution in [2.75, 3.05) is 0 Å². The fraction of sp³-hybridized carbons (Fsp3) is 0.333. The summed E-state index contributed by atoms with van der Waals surface area (Å²) in [5.41, 5.74) is 7.07. The molecule has 0 heterocycles. The molecule has 0 atom stereocenters. The first kappa shape index (κ1) is 12.9. The maximum absolute atomic E-state index is 2.28. The van der Waals surface area contributed by atoms with Gasteiger partial charge in [0.25, 0.3) is 0 Å². The predicted octanol–water partition coefficient (Wildman–Crippen LogP) is 4.79. The van der Waals surface area contributed by atoms with Crippen LogP contribution in [0.2, 0.25) is 0 Å². The molecule has 0 fully saturated rings. The molecule has 0 bridgehead atoms. The van der Waals surface area contributed by atoms with Gasteiger partial charge < -0.3 is 0 Å². The highest BCUT2D eigenvalue weighted by molar-refractivity contribution is 5.30. The lowest BCUT2D eigenvalue weighted by atomic mass is 9.99. The molecule has 18 heavy (non-hydrogen) atoms. The smallest absolute Gasteiger partial charge is 0.0273 e. The Morgan fingerprint density at radius 1 is 0.722 bits per heavy atom. The van der Waals surface area contributed by atoms with E-state index in [1.54, 1.807) is 0 Å². The highest BCUT2D eigenvalue weighted by atomic mass is 14.0. The van der Waals surface area contributed by atoms with E-state index in [1.165, 1.54) is 47.1 Å². The van der Waals surface area contributed by atoms with E-state index in [2.05, 4.69) is 63.2 Å². The highest BCUT2D eigenvalue weighted by Gasteiger charge is 1.99. The fourth-order valence-electron chi connectivity index (χ4n) is 2.36. The van der Waals surface area contributed by atoms with Gasteiger partial charge in [0, 0.05) is 0 Å². The Hall–Kier alpha value is -1.56. The first-order chi connectivity index (χ1) is 8.65. The Balaban J connectivity index is 1.90. The van der Waals surface area contributed by atoms with Gasteiger partial charge in [-0.25, -0.2) is 0 Å². The van der Waals surface area contributed by atoms with Gasteiger partial charge in [0.2, 0.25) is 0 Å². The van der Waals surface area contributed by atoms with E-state index in [0.29, 0.717) is 0 Å². The first-order valence-electron chi connectivity index (χ1n) is 6.77. The monoisotopic (exact) mass is 238 g/mol. The summed E-state index contributed by atoms with van der Waals surface area (Å²) < 4.78 is 0. The van der Waals surface area contributed by atoms with Crippen LogP contribution in [-0.2, 0) is 12.8 Å². The van der Waals surface area contributed by atoms with Gasteiger partial charge in [0.05, 0.1) is 0 Å². The van der Waals surface area contributed by atoms with Crippen molar-refractivity contribution in [3.05, 3.63) is 70.3 Å². The van der Waals surface area contributed by atoms with Crippen LogP contribution in [-0.4, -0.2) is 0 Å². The molecular weight excluding hydrogens is 216 g/mol. The Morgan fingerprint density at radius 3 is 2.06 bits per heavy atom. The number of aryl methyl sites for hydroxylation is 5. The van der Waals surface area contributed by atoms with Crippen molar-refractivity contribution >= 4 is 0 Å². The summed E-state index contributed by atoms with van der Waals surface area (Å²) in [6, 6.07) is 15.7. The maximum Gasteiger partial charge on any atom is -0.0273 e. The molecule has 0 spiro atoms. The topological polar surface area (TPSA) is 0 Å². The molecule has 0 radical (unpaired) electrons. The van der Waals surface area contributed by atoms with Crippen LogP contribution in [0.3, 0.4) is 0 Å². The lowest BCUT2D eigenvalue weighted by Gasteiger charge is -2.07. The zero-order valence-electron chi connectivity index (χ0n) is 11.7. The molecule has 2 aromatic rings. The summed E-state index contributed by atoms with van der Waals surface area (Å²) in [6.45, 7) is 6.51. The Labute approximate surface area is 111 Å². The predicted molar refractivity (Wildman–Crippen MR) is 79.1 cm³/mol. The molecule has 0 aromatic heterocycles. The Bertz CT molecular complexity index is 506. The van der Waals surface area contributed by atoms with E-state index in [4.69, 9.17) is 0 Å². The van der Waals surface area contributed by atoms with E-state index in [1.807, 2.05) is 0 Å². The van der Waals surface area contributed by atoms with E-state index in [0.717, 1.165) is 0 Å². The second-order valence-electron chi connectivity index (χ2n) is 5.27. The average molecular weight is 238 g/mol. The SMILES string of the molecule is Cc1ccc(CCCc2ccc(C)cc2C)cc1. The lowest BCUT2D eigenvalue weighted by Crippen LogP contribution is -1.93. The molecule has 0 aliphatic heterocycles. The minimum absolute atomic E-state index is 1.17. The molecule has 0 aliphatic carbocycles. The van der Waals surface area contributed by atoms with Gasteiger partial charge in [0.15, 0.2) is 0 Å². The Morgan fingerprint density at radius 2 is 1.39 bits per heavy atom. The zero-order chi connectivity index (χ0) is 13.0. The molecule has 2 rings (SSSR count). The zero-order valence-corrected chi connectivity index (χ0v) is 11.7. The van der Waals surface area contributed by atoms with Crippen LogP contribution >= 0.6 is 0 Å². The molecule has 0 saturated carbocycles. The van der Waals surface area contributed by atoms with Crippen LogP contribution in [0.4, 0.5) is 0 Å². The molecule has 0 N–H and O–H groups in total. The minimum Gasteiger partial charge on any atom is -0.0591 e. The quantitative estimate of drug-likeness (QED) is 0.718. The van der Waals surface area contributed by atoms with E-state index >= 15 is 0 Å². The molecule has 0 unspecified atom stereocenters. The average Bonchev–Trinajstić information content (AvgIpc) is 2.34. The number of hydrogen-bond donors (Lipinski definition) is 0. The standard InChI is InChI=1S/C18H22/c1-14-7-10-17(11-8-14)5-4-6-18-12-9-15(2)13-16(18)3/h7-13H,4-6H2,1-3H3. The second-order valence-corrected chi connectivity index (χ2v) is 5.27. The molecule has 94 valence electrons. The lowest BCUT2D eigenvalue weighted by molar-refractivity contribution is 0.815.